The molecule has 1 aliphatic heterocycles. The van der Waals surface area contributed by atoms with Gasteiger partial charge in [0.15, 0.2) is 17.6 Å². The first-order chi connectivity index (χ1) is 10.2. The van der Waals surface area contributed by atoms with Gasteiger partial charge in [0.25, 0.3) is 0 Å². The summed E-state index contributed by atoms with van der Waals surface area (Å²) < 4.78 is 11.6. The quantitative estimate of drug-likeness (QED) is 0.866. The Bertz CT molecular complexity index is 474. The molecule has 2 atom stereocenters. The zero-order chi connectivity index (χ0) is 15.2. The summed E-state index contributed by atoms with van der Waals surface area (Å²) in [6, 6.07) is 7.59. The van der Waals surface area contributed by atoms with Crippen molar-refractivity contribution in [2.45, 2.75) is 26.4 Å². The van der Waals surface area contributed by atoms with Gasteiger partial charge in [-0.2, -0.15) is 0 Å². The molecule has 21 heavy (non-hydrogen) atoms. The normalized spacial score (nSPS) is 18.1. The monoisotopic (exact) mass is 292 g/mol. The fourth-order valence-corrected chi connectivity index (χ4v) is 2.47. The molecule has 2 rings (SSSR count). The number of rotatable bonds is 6. The average molecular weight is 292 g/mol. The number of nitrogens with zero attached hydrogens (tertiary/aromatic N) is 1. The van der Waals surface area contributed by atoms with Gasteiger partial charge in [0, 0.05) is 13.1 Å². The largest absolute Gasteiger partial charge is 0.486 e. The van der Waals surface area contributed by atoms with Gasteiger partial charge in [-0.25, -0.2) is 0 Å². The lowest BCUT2D eigenvalue weighted by Crippen LogP contribution is -2.46. The Hall–Kier alpha value is -1.75. The molecule has 0 aliphatic carbocycles. The molecule has 1 aromatic carbocycles. The zero-order valence-corrected chi connectivity index (χ0v) is 12.7. The van der Waals surface area contributed by atoms with Gasteiger partial charge in [0.2, 0.25) is 5.91 Å². The van der Waals surface area contributed by atoms with E-state index in [0.29, 0.717) is 26.2 Å². The van der Waals surface area contributed by atoms with Gasteiger partial charge < -0.3 is 20.1 Å². The number of hydrogen-bond acceptors (Lipinski definition) is 4. The summed E-state index contributed by atoms with van der Waals surface area (Å²) in [6.45, 7) is 5.98. The number of likely N-dealkylation sites (N-methyl/N-ethyl adjacent to an activating group) is 1. The topological polar surface area (TPSA) is 64.8 Å². The third kappa shape index (κ3) is 3.67. The zero-order valence-electron chi connectivity index (χ0n) is 12.7. The number of amides is 1. The van der Waals surface area contributed by atoms with Crippen molar-refractivity contribution in [3.8, 4) is 11.5 Å². The van der Waals surface area contributed by atoms with Crippen LogP contribution in [0.3, 0.4) is 0 Å². The Morgan fingerprint density at radius 1 is 1.38 bits per heavy atom. The molecule has 0 spiro atoms. The highest BCUT2D eigenvalue weighted by Crippen LogP contribution is 2.31. The Balaban J connectivity index is 1.99. The van der Waals surface area contributed by atoms with E-state index in [1.165, 1.54) is 0 Å². The van der Waals surface area contributed by atoms with Crippen LogP contribution in [0.2, 0.25) is 0 Å². The first-order valence-corrected chi connectivity index (χ1v) is 7.56. The van der Waals surface area contributed by atoms with E-state index >= 15 is 0 Å². The fourth-order valence-electron chi connectivity index (χ4n) is 2.47. The molecule has 1 heterocycles. The summed E-state index contributed by atoms with van der Waals surface area (Å²) in [7, 11) is 0. The molecule has 0 fully saturated rings. The number of carbonyl (C=O) groups excluding carboxylic acids is 1. The summed E-state index contributed by atoms with van der Waals surface area (Å²) in [5, 5.41) is 0. The van der Waals surface area contributed by atoms with Gasteiger partial charge in [-0.1, -0.05) is 19.1 Å². The minimum absolute atomic E-state index is 0.102. The van der Waals surface area contributed by atoms with Crippen molar-refractivity contribution in [3.05, 3.63) is 24.3 Å². The van der Waals surface area contributed by atoms with Crippen LogP contribution in [0.5, 0.6) is 11.5 Å². The molecule has 1 aromatic rings. The van der Waals surface area contributed by atoms with Crippen LogP contribution in [-0.4, -0.2) is 43.2 Å². The number of para-hydroxylation sites is 2. The van der Waals surface area contributed by atoms with Crippen molar-refractivity contribution in [3.63, 3.8) is 0 Å². The highest BCUT2D eigenvalue weighted by molar-refractivity contribution is 5.79. The second-order valence-corrected chi connectivity index (χ2v) is 5.22. The van der Waals surface area contributed by atoms with E-state index in [-0.39, 0.29) is 17.9 Å². The predicted molar refractivity (Wildman–Crippen MR) is 81.4 cm³/mol. The molecular weight excluding hydrogens is 268 g/mol. The van der Waals surface area contributed by atoms with Crippen molar-refractivity contribution in [1.82, 2.24) is 4.90 Å². The van der Waals surface area contributed by atoms with Crippen LogP contribution in [0.15, 0.2) is 24.3 Å². The fraction of sp³-hybridized carbons (Fsp3) is 0.562. The summed E-state index contributed by atoms with van der Waals surface area (Å²) in [5.74, 6) is 1.49. The van der Waals surface area contributed by atoms with Crippen LogP contribution in [0.4, 0.5) is 0 Å². The lowest BCUT2D eigenvalue weighted by molar-refractivity contribution is -0.136. The number of ether oxygens (including phenoxy) is 2. The van der Waals surface area contributed by atoms with Gasteiger partial charge in [-0.05, 0) is 25.5 Å². The summed E-state index contributed by atoms with van der Waals surface area (Å²) >= 11 is 0. The minimum Gasteiger partial charge on any atom is -0.486 e. The van der Waals surface area contributed by atoms with E-state index in [9.17, 15) is 4.79 Å². The molecule has 0 bridgehead atoms. The van der Waals surface area contributed by atoms with E-state index < -0.39 is 0 Å². The third-order valence-electron chi connectivity index (χ3n) is 3.81. The van der Waals surface area contributed by atoms with Gasteiger partial charge in [-0.3, -0.25) is 4.79 Å². The first kappa shape index (κ1) is 15.6. The molecule has 1 amide bonds. The van der Waals surface area contributed by atoms with Crippen molar-refractivity contribution in [2.24, 2.45) is 11.7 Å². The van der Waals surface area contributed by atoms with Crippen LogP contribution < -0.4 is 15.2 Å². The molecule has 5 heteroatoms. The van der Waals surface area contributed by atoms with Crippen molar-refractivity contribution in [1.29, 1.82) is 0 Å². The molecule has 5 nitrogen and oxygen atoms in total. The summed E-state index contributed by atoms with van der Waals surface area (Å²) in [5.41, 5.74) is 5.67. The summed E-state index contributed by atoms with van der Waals surface area (Å²) in [6.07, 6.45) is 0.621. The average Bonchev–Trinajstić information content (AvgIpc) is 2.53. The van der Waals surface area contributed by atoms with Crippen LogP contribution in [-0.2, 0) is 4.79 Å². The van der Waals surface area contributed by atoms with Gasteiger partial charge in [-0.15, -0.1) is 0 Å². The SMILES string of the molecule is CCC(CN)C(=O)N(CC)CC1COc2ccccc2O1. The molecule has 0 aromatic heterocycles. The van der Waals surface area contributed by atoms with E-state index in [4.69, 9.17) is 15.2 Å². The van der Waals surface area contributed by atoms with E-state index in [1.807, 2.05) is 43.0 Å². The maximum absolute atomic E-state index is 12.4. The molecule has 2 unspecified atom stereocenters. The van der Waals surface area contributed by atoms with Gasteiger partial charge in [0.05, 0.1) is 12.5 Å². The molecule has 0 saturated carbocycles. The summed E-state index contributed by atoms with van der Waals surface area (Å²) in [4.78, 5) is 14.2. The second kappa shape index (κ2) is 7.31. The lowest BCUT2D eigenvalue weighted by atomic mass is 10.1. The van der Waals surface area contributed by atoms with Crippen LogP contribution in [0.1, 0.15) is 20.3 Å². The smallest absolute Gasteiger partial charge is 0.227 e. The van der Waals surface area contributed by atoms with Crippen LogP contribution in [0.25, 0.3) is 0 Å². The number of hydrogen-bond donors (Lipinski definition) is 1. The maximum Gasteiger partial charge on any atom is 0.227 e. The highest BCUT2D eigenvalue weighted by atomic mass is 16.6. The number of carbonyl (C=O) groups is 1. The van der Waals surface area contributed by atoms with Crippen LogP contribution >= 0.6 is 0 Å². The van der Waals surface area contributed by atoms with Crippen molar-refractivity contribution >= 4 is 5.91 Å². The molecule has 2 N–H and O–H groups in total. The van der Waals surface area contributed by atoms with E-state index in [1.54, 1.807) is 0 Å². The standard InChI is InChI=1S/C16H24N2O3/c1-3-12(9-17)16(19)18(4-2)10-13-11-20-14-7-5-6-8-15(14)21-13/h5-8,12-13H,3-4,9-11,17H2,1-2H3. The van der Waals surface area contributed by atoms with E-state index in [2.05, 4.69) is 0 Å². The third-order valence-corrected chi connectivity index (χ3v) is 3.81. The van der Waals surface area contributed by atoms with Gasteiger partial charge >= 0.3 is 0 Å². The Morgan fingerprint density at radius 3 is 2.71 bits per heavy atom. The highest BCUT2D eigenvalue weighted by Gasteiger charge is 2.27. The van der Waals surface area contributed by atoms with Crippen LogP contribution in [0, 0.1) is 5.92 Å². The Labute approximate surface area is 126 Å². The molecule has 1 aliphatic rings. The first-order valence-electron chi connectivity index (χ1n) is 7.56. The van der Waals surface area contributed by atoms with Crippen molar-refractivity contribution < 1.29 is 14.3 Å². The maximum atomic E-state index is 12.4. The molecule has 0 radical (unpaired) electrons. The van der Waals surface area contributed by atoms with Gasteiger partial charge in [0.1, 0.15) is 6.61 Å². The Kier molecular flexibility index (Phi) is 5.44. The molecule has 0 saturated heterocycles. The molecule has 116 valence electrons. The number of fused-ring (bicyclic) bond motifs is 1. The van der Waals surface area contributed by atoms with E-state index in [0.717, 1.165) is 17.9 Å². The number of nitrogens with two attached hydrogens (primary N) is 1. The van der Waals surface area contributed by atoms with Crippen molar-refractivity contribution in [2.75, 3.05) is 26.2 Å². The number of benzene rings is 1. The molecular formula is C16H24N2O3. The Morgan fingerprint density at radius 2 is 2.10 bits per heavy atom. The second-order valence-electron chi connectivity index (χ2n) is 5.22. The lowest BCUT2D eigenvalue weighted by Gasteiger charge is -2.32. The minimum atomic E-state index is -0.140. The predicted octanol–water partition coefficient (Wildman–Crippen LogP) is 1.66.